The van der Waals surface area contributed by atoms with Gasteiger partial charge < -0.3 is 10.1 Å². The molecule has 0 unspecified atom stereocenters. The first kappa shape index (κ1) is 23.4. The molecular weight excluding hydrogens is 457 g/mol. The molecule has 0 spiro atoms. The number of rotatable bonds is 5. The SMILES string of the molecule is Cc1c(Cl)cccc1-n1nc(C)c2c(C(F)(F)F)cc(OCC(=O)NC3CCCCC3)nc21. The van der Waals surface area contributed by atoms with Gasteiger partial charge in [-0.1, -0.05) is 36.9 Å². The summed E-state index contributed by atoms with van der Waals surface area (Å²) in [6, 6.07) is 5.97. The van der Waals surface area contributed by atoms with Crippen LogP contribution in [-0.4, -0.2) is 33.3 Å². The Morgan fingerprint density at radius 1 is 1.24 bits per heavy atom. The van der Waals surface area contributed by atoms with Gasteiger partial charge in [0.25, 0.3) is 5.91 Å². The van der Waals surface area contributed by atoms with Gasteiger partial charge in [-0.15, -0.1) is 0 Å². The number of nitrogens with zero attached hydrogens (tertiary/aromatic N) is 3. The van der Waals surface area contributed by atoms with Crippen LogP contribution < -0.4 is 10.1 Å². The van der Waals surface area contributed by atoms with Gasteiger partial charge in [0.2, 0.25) is 5.88 Å². The minimum absolute atomic E-state index is 0.0182. The monoisotopic (exact) mass is 480 g/mol. The third-order valence-corrected chi connectivity index (χ3v) is 6.29. The lowest BCUT2D eigenvalue weighted by atomic mass is 9.95. The van der Waals surface area contributed by atoms with E-state index in [-0.39, 0.29) is 34.6 Å². The molecule has 33 heavy (non-hydrogen) atoms. The molecule has 6 nitrogen and oxygen atoms in total. The van der Waals surface area contributed by atoms with Gasteiger partial charge in [0.15, 0.2) is 12.3 Å². The van der Waals surface area contributed by atoms with Crippen molar-refractivity contribution in [2.45, 2.75) is 58.2 Å². The Bertz CT molecular complexity index is 1190. The number of aryl methyl sites for hydroxylation is 1. The lowest BCUT2D eigenvalue weighted by Crippen LogP contribution is -2.39. The number of fused-ring (bicyclic) bond motifs is 1. The molecule has 0 bridgehead atoms. The number of halogens is 4. The summed E-state index contributed by atoms with van der Waals surface area (Å²) >= 11 is 6.21. The summed E-state index contributed by atoms with van der Waals surface area (Å²) in [7, 11) is 0. The first-order chi connectivity index (χ1) is 15.6. The van der Waals surface area contributed by atoms with E-state index < -0.39 is 18.3 Å². The van der Waals surface area contributed by atoms with E-state index in [0.29, 0.717) is 16.3 Å². The number of carbonyl (C=O) groups excluding carboxylic acids is 1. The van der Waals surface area contributed by atoms with E-state index in [0.717, 1.165) is 38.2 Å². The van der Waals surface area contributed by atoms with Crippen LogP contribution in [0.15, 0.2) is 24.3 Å². The Hall–Kier alpha value is -2.81. The maximum absolute atomic E-state index is 13.9. The highest BCUT2D eigenvalue weighted by Crippen LogP contribution is 2.38. The van der Waals surface area contributed by atoms with E-state index in [1.165, 1.54) is 11.6 Å². The summed E-state index contributed by atoms with van der Waals surface area (Å²) in [5, 5.41) is 7.52. The second kappa shape index (κ2) is 9.21. The number of amides is 1. The van der Waals surface area contributed by atoms with E-state index in [1.54, 1.807) is 25.1 Å². The molecule has 4 rings (SSSR count). The zero-order valence-electron chi connectivity index (χ0n) is 18.3. The maximum atomic E-state index is 13.9. The normalized spacial score (nSPS) is 15.1. The van der Waals surface area contributed by atoms with Crippen molar-refractivity contribution < 1.29 is 22.7 Å². The van der Waals surface area contributed by atoms with Crippen LogP contribution in [0.25, 0.3) is 16.7 Å². The third kappa shape index (κ3) is 4.93. The molecule has 1 aliphatic rings. The topological polar surface area (TPSA) is 69.0 Å². The van der Waals surface area contributed by atoms with Crippen LogP contribution in [0.3, 0.4) is 0 Å². The molecule has 0 aliphatic heterocycles. The molecule has 10 heteroatoms. The lowest BCUT2D eigenvalue weighted by Gasteiger charge is -2.22. The van der Waals surface area contributed by atoms with Crippen molar-refractivity contribution in [2.75, 3.05) is 6.61 Å². The number of carbonyl (C=O) groups is 1. The molecule has 1 saturated carbocycles. The van der Waals surface area contributed by atoms with Crippen molar-refractivity contribution in [3.8, 4) is 11.6 Å². The van der Waals surface area contributed by atoms with E-state index in [4.69, 9.17) is 16.3 Å². The van der Waals surface area contributed by atoms with E-state index in [1.807, 2.05) is 0 Å². The summed E-state index contributed by atoms with van der Waals surface area (Å²) in [4.78, 5) is 16.6. The quantitative estimate of drug-likeness (QED) is 0.520. The van der Waals surface area contributed by atoms with Crippen molar-refractivity contribution in [3.63, 3.8) is 0 Å². The minimum Gasteiger partial charge on any atom is -0.467 e. The smallest absolute Gasteiger partial charge is 0.417 e. The van der Waals surface area contributed by atoms with Crippen LogP contribution in [0.2, 0.25) is 5.02 Å². The van der Waals surface area contributed by atoms with E-state index in [2.05, 4.69) is 15.4 Å². The van der Waals surface area contributed by atoms with E-state index in [9.17, 15) is 18.0 Å². The van der Waals surface area contributed by atoms with E-state index >= 15 is 0 Å². The molecule has 1 amide bonds. The first-order valence-electron chi connectivity index (χ1n) is 10.8. The standard InChI is InChI=1S/C23H24ClF3N4O2/c1-13-17(24)9-6-10-18(13)31-22-21(14(2)30-31)16(23(25,26)27)11-20(29-22)33-12-19(32)28-15-7-4-3-5-8-15/h6,9-11,15H,3-5,7-8,12H2,1-2H3,(H,28,32). The van der Waals surface area contributed by atoms with Crippen molar-refractivity contribution in [1.29, 1.82) is 0 Å². The first-order valence-corrected chi connectivity index (χ1v) is 11.2. The fraction of sp³-hybridized carbons (Fsp3) is 0.435. The molecule has 1 N–H and O–H groups in total. The van der Waals surface area contributed by atoms with Crippen LogP contribution in [0, 0.1) is 13.8 Å². The van der Waals surface area contributed by atoms with Gasteiger partial charge in [-0.3, -0.25) is 4.79 Å². The van der Waals surface area contributed by atoms with Gasteiger partial charge in [0.1, 0.15) is 0 Å². The average Bonchev–Trinajstić information content (AvgIpc) is 3.10. The number of alkyl halides is 3. The minimum atomic E-state index is -4.66. The molecule has 176 valence electrons. The number of benzene rings is 1. The van der Waals surface area contributed by atoms with Crippen molar-refractivity contribution in [2.24, 2.45) is 0 Å². The summed E-state index contributed by atoms with van der Waals surface area (Å²) in [5.74, 6) is -0.679. The highest BCUT2D eigenvalue weighted by Gasteiger charge is 2.36. The highest BCUT2D eigenvalue weighted by atomic mass is 35.5. The van der Waals surface area contributed by atoms with Gasteiger partial charge >= 0.3 is 6.18 Å². The number of pyridine rings is 1. The van der Waals surface area contributed by atoms with Crippen molar-refractivity contribution in [3.05, 3.63) is 46.1 Å². The van der Waals surface area contributed by atoms with Crippen LogP contribution >= 0.6 is 11.6 Å². The van der Waals surface area contributed by atoms with Crippen molar-refractivity contribution >= 4 is 28.5 Å². The Kier molecular flexibility index (Phi) is 6.52. The third-order valence-electron chi connectivity index (χ3n) is 5.88. The number of hydrogen-bond acceptors (Lipinski definition) is 4. The number of aromatic nitrogens is 3. The summed E-state index contributed by atoms with van der Waals surface area (Å²) < 4.78 is 48.5. The molecular formula is C23H24ClF3N4O2. The van der Waals surface area contributed by atoms with Gasteiger partial charge in [-0.2, -0.15) is 23.3 Å². The largest absolute Gasteiger partial charge is 0.467 e. The Morgan fingerprint density at radius 3 is 2.67 bits per heavy atom. The highest BCUT2D eigenvalue weighted by molar-refractivity contribution is 6.31. The number of nitrogens with one attached hydrogen (secondary N) is 1. The lowest BCUT2D eigenvalue weighted by molar-refractivity contribution is -0.136. The van der Waals surface area contributed by atoms with Crippen molar-refractivity contribution in [1.82, 2.24) is 20.1 Å². The Morgan fingerprint density at radius 2 is 1.97 bits per heavy atom. The fourth-order valence-corrected chi connectivity index (χ4v) is 4.38. The van der Waals surface area contributed by atoms with Gasteiger partial charge in [-0.25, -0.2) is 4.68 Å². The second-order valence-electron chi connectivity index (χ2n) is 8.28. The molecule has 0 saturated heterocycles. The number of hydrogen-bond donors (Lipinski definition) is 1. The predicted octanol–water partition coefficient (Wildman–Crippen LogP) is 5.54. The molecule has 1 aliphatic carbocycles. The zero-order chi connectivity index (χ0) is 23.8. The molecule has 2 heterocycles. The molecule has 1 aromatic carbocycles. The van der Waals surface area contributed by atoms with Crippen LogP contribution in [0.1, 0.15) is 48.9 Å². The van der Waals surface area contributed by atoms with Crippen LogP contribution in [0.4, 0.5) is 13.2 Å². The summed E-state index contributed by atoms with van der Waals surface area (Å²) in [6.07, 6.45) is 0.367. The molecule has 0 atom stereocenters. The van der Waals surface area contributed by atoms with Gasteiger partial charge in [0, 0.05) is 17.1 Å². The predicted molar refractivity (Wildman–Crippen MR) is 119 cm³/mol. The summed E-state index contributed by atoms with van der Waals surface area (Å²) in [5.41, 5.74) is 0.394. The molecule has 2 aromatic heterocycles. The van der Waals surface area contributed by atoms with Gasteiger partial charge in [0.05, 0.1) is 22.3 Å². The average molecular weight is 481 g/mol. The maximum Gasteiger partial charge on any atom is 0.417 e. The van der Waals surface area contributed by atoms with Crippen LogP contribution in [-0.2, 0) is 11.0 Å². The summed E-state index contributed by atoms with van der Waals surface area (Å²) in [6.45, 7) is 2.82. The molecule has 1 fully saturated rings. The van der Waals surface area contributed by atoms with Crippen LogP contribution in [0.5, 0.6) is 5.88 Å². The Balaban J connectivity index is 1.70. The van der Waals surface area contributed by atoms with Gasteiger partial charge in [-0.05, 0) is 44.4 Å². The fourth-order valence-electron chi connectivity index (χ4n) is 4.21. The molecule has 0 radical (unpaired) electrons. The number of ether oxygens (including phenoxy) is 1. The second-order valence-corrected chi connectivity index (χ2v) is 8.68. The zero-order valence-corrected chi connectivity index (χ0v) is 19.1. The Labute approximate surface area is 194 Å². The molecule has 3 aromatic rings.